The molecular weight excluding hydrogens is 470 g/mol. The van der Waals surface area contributed by atoms with Gasteiger partial charge in [-0.1, -0.05) is 30.4 Å². The average Bonchev–Trinajstić information content (AvgIpc) is 3.47. The van der Waals surface area contributed by atoms with E-state index in [0.717, 1.165) is 64.2 Å². The number of carbonyl (C=O) groups is 1. The molecule has 6 heteroatoms. The Kier molecular flexibility index (Phi) is 5.62. The Balaban J connectivity index is 1.10. The lowest BCUT2D eigenvalue weighted by Crippen LogP contribution is -2.47. The van der Waals surface area contributed by atoms with Gasteiger partial charge in [-0.05, 0) is 61.9 Å². The molecule has 0 N–H and O–H groups in total. The largest absolute Gasteiger partial charge is 0.367 e. The van der Waals surface area contributed by atoms with Gasteiger partial charge in [-0.15, -0.1) is 0 Å². The first-order valence-electron chi connectivity index (χ1n) is 14.2. The predicted octanol–water partition coefficient (Wildman–Crippen LogP) is 5.40. The highest BCUT2D eigenvalue weighted by Gasteiger charge is 2.25. The van der Waals surface area contributed by atoms with Gasteiger partial charge in [-0.25, -0.2) is 0 Å². The molecule has 2 aromatic heterocycles. The number of rotatable bonds is 6. The highest BCUT2D eigenvalue weighted by atomic mass is 16.1. The summed E-state index contributed by atoms with van der Waals surface area (Å²) in [6.07, 6.45) is 11.2. The molecule has 6 nitrogen and oxygen atoms in total. The van der Waals surface area contributed by atoms with Crippen molar-refractivity contribution in [2.45, 2.75) is 45.7 Å². The molecule has 0 saturated carbocycles. The van der Waals surface area contributed by atoms with Gasteiger partial charge in [0.1, 0.15) is 0 Å². The smallest absolute Gasteiger partial charge is 0.213 e. The highest BCUT2D eigenvalue weighted by Crippen LogP contribution is 2.38. The molecule has 2 aromatic carbocycles. The molecule has 0 bridgehead atoms. The van der Waals surface area contributed by atoms with Gasteiger partial charge in [0.25, 0.3) is 0 Å². The molecule has 4 aromatic rings. The van der Waals surface area contributed by atoms with Gasteiger partial charge in [0.2, 0.25) is 6.41 Å². The van der Waals surface area contributed by atoms with Crippen LogP contribution in [0, 0.1) is 6.92 Å². The number of aryl methyl sites for hydroxylation is 2. The molecule has 1 amide bonds. The highest BCUT2D eigenvalue weighted by molar-refractivity contribution is 5.99. The first-order valence-corrected chi connectivity index (χ1v) is 14.2. The lowest BCUT2D eigenvalue weighted by molar-refractivity contribution is -0.107. The van der Waals surface area contributed by atoms with E-state index < -0.39 is 0 Å². The zero-order valence-corrected chi connectivity index (χ0v) is 22.8. The van der Waals surface area contributed by atoms with Crippen LogP contribution >= 0.6 is 0 Å². The number of aromatic nitrogens is 2. The van der Waals surface area contributed by atoms with Crippen molar-refractivity contribution >= 4 is 45.7 Å². The van der Waals surface area contributed by atoms with Gasteiger partial charge >= 0.3 is 0 Å². The normalized spacial score (nSPS) is 19.0. The van der Waals surface area contributed by atoms with Gasteiger partial charge in [0, 0.05) is 80.7 Å². The third-order valence-corrected chi connectivity index (χ3v) is 9.25. The lowest BCUT2D eigenvalue weighted by Gasteiger charge is -2.36. The van der Waals surface area contributed by atoms with E-state index in [1.54, 1.807) is 4.90 Å². The van der Waals surface area contributed by atoms with Gasteiger partial charge in [-0.3, -0.25) is 9.69 Å². The van der Waals surface area contributed by atoms with Gasteiger partial charge < -0.3 is 18.9 Å². The Bertz CT molecular complexity index is 1580. The minimum Gasteiger partial charge on any atom is -0.367 e. The standard InChI is InChI=1S/C32H37N5O/c1-22-9-10-24-6-4-8-28-30(20-37(22)31(24)28)35-16-14-34(15-17-35)13-11-27-23(2)36-12-5-7-25-18-26(33(3)21-38)19-29(27)32(25)36/h4,6,8-10,18-22H,5,7,11-17H2,1-3H3. The van der Waals surface area contributed by atoms with Crippen LogP contribution in [0.1, 0.15) is 41.8 Å². The van der Waals surface area contributed by atoms with Crippen LogP contribution in [0.3, 0.4) is 0 Å². The summed E-state index contributed by atoms with van der Waals surface area (Å²) >= 11 is 0. The van der Waals surface area contributed by atoms with Crippen LogP contribution < -0.4 is 9.80 Å². The Hall–Kier alpha value is -3.51. The van der Waals surface area contributed by atoms with Crippen molar-refractivity contribution in [3.8, 4) is 0 Å². The van der Waals surface area contributed by atoms with Crippen LogP contribution in [-0.4, -0.2) is 60.2 Å². The zero-order valence-electron chi connectivity index (χ0n) is 22.8. The minimum atomic E-state index is 0.399. The van der Waals surface area contributed by atoms with E-state index in [2.05, 4.69) is 81.5 Å². The second-order valence-corrected chi connectivity index (χ2v) is 11.4. The average molecular weight is 508 g/mol. The van der Waals surface area contributed by atoms with Crippen molar-refractivity contribution in [3.63, 3.8) is 0 Å². The fourth-order valence-electron chi connectivity index (χ4n) is 7.08. The van der Waals surface area contributed by atoms with Crippen LogP contribution in [0.5, 0.6) is 0 Å². The molecule has 38 heavy (non-hydrogen) atoms. The molecule has 5 heterocycles. The van der Waals surface area contributed by atoms with Crippen molar-refractivity contribution in [1.29, 1.82) is 0 Å². The number of nitrogens with zero attached hydrogens (tertiary/aromatic N) is 5. The fraction of sp³-hybridized carbons (Fsp3) is 0.406. The Morgan fingerprint density at radius 2 is 1.89 bits per heavy atom. The summed E-state index contributed by atoms with van der Waals surface area (Å²) in [5.74, 6) is 0. The molecular formula is C32H37N5O. The number of benzene rings is 2. The summed E-state index contributed by atoms with van der Waals surface area (Å²) < 4.78 is 4.97. The topological polar surface area (TPSA) is 36.6 Å². The number of anilines is 2. The van der Waals surface area contributed by atoms with Crippen LogP contribution in [0.15, 0.2) is 42.6 Å². The maximum Gasteiger partial charge on any atom is 0.213 e. The number of allylic oxidation sites excluding steroid dienone is 1. The second-order valence-electron chi connectivity index (χ2n) is 11.4. The number of para-hydroxylation sites is 1. The summed E-state index contributed by atoms with van der Waals surface area (Å²) in [6.45, 7) is 11.0. The van der Waals surface area contributed by atoms with Crippen molar-refractivity contribution < 1.29 is 4.79 Å². The van der Waals surface area contributed by atoms with Crippen molar-refractivity contribution in [2.75, 3.05) is 49.6 Å². The van der Waals surface area contributed by atoms with E-state index >= 15 is 0 Å². The SMILES string of the molecule is Cc1c(CCN2CCN(c3cn4c5c(cccc35)C=CC4C)CC2)c2cc(N(C)C=O)cc3c2n1CCC3. The van der Waals surface area contributed by atoms with Crippen molar-refractivity contribution in [3.05, 3.63) is 65.0 Å². The van der Waals surface area contributed by atoms with E-state index in [-0.39, 0.29) is 0 Å². The van der Waals surface area contributed by atoms with E-state index in [1.807, 2.05) is 7.05 Å². The summed E-state index contributed by atoms with van der Waals surface area (Å²) in [5, 5.41) is 2.73. The predicted molar refractivity (Wildman–Crippen MR) is 158 cm³/mol. The van der Waals surface area contributed by atoms with Gasteiger partial charge in [0.15, 0.2) is 0 Å². The van der Waals surface area contributed by atoms with Gasteiger partial charge in [0.05, 0.1) is 16.7 Å². The number of hydrogen-bond donors (Lipinski definition) is 0. The van der Waals surface area contributed by atoms with E-state index in [9.17, 15) is 4.79 Å². The summed E-state index contributed by atoms with van der Waals surface area (Å²) in [4.78, 5) is 18.4. The summed E-state index contributed by atoms with van der Waals surface area (Å²) in [6, 6.07) is 11.6. The number of hydrogen-bond acceptors (Lipinski definition) is 3. The van der Waals surface area contributed by atoms with Crippen LogP contribution in [0.25, 0.3) is 27.9 Å². The van der Waals surface area contributed by atoms with Crippen molar-refractivity contribution in [2.24, 2.45) is 0 Å². The van der Waals surface area contributed by atoms with E-state index in [1.165, 1.54) is 56.3 Å². The Morgan fingerprint density at radius 3 is 2.71 bits per heavy atom. The second kappa shape index (κ2) is 9.05. The molecule has 1 atom stereocenters. The van der Waals surface area contributed by atoms with Crippen LogP contribution in [0.4, 0.5) is 11.4 Å². The fourth-order valence-corrected chi connectivity index (χ4v) is 7.08. The molecule has 0 radical (unpaired) electrons. The first kappa shape index (κ1) is 23.6. The molecule has 1 unspecified atom stereocenters. The molecule has 0 aliphatic carbocycles. The number of amides is 1. The molecule has 196 valence electrons. The molecule has 3 aliphatic heterocycles. The van der Waals surface area contributed by atoms with Crippen LogP contribution in [-0.2, 0) is 24.2 Å². The molecule has 1 saturated heterocycles. The Labute approximate surface area is 224 Å². The zero-order chi connectivity index (χ0) is 26.0. The van der Waals surface area contributed by atoms with Gasteiger partial charge in [-0.2, -0.15) is 0 Å². The third-order valence-electron chi connectivity index (χ3n) is 9.25. The maximum absolute atomic E-state index is 11.5. The number of piperazine rings is 1. The quantitative estimate of drug-likeness (QED) is 0.328. The maximum atomic E-state index is 11.5. The van der Waals surface area contributed by atoms with E-state index in [0.29, 0.717) is 6.04 Å². The molecule has 3 aliphatic rings. The Morgan fingerprint density at radius 1 is 1.05 bits per heavy atom. The van der Waals surface area contributed by atoms with Crippen molar-refractivity contribution in [1.82, 2.24) is 14.0 Å². The third kappa shape index (κ3) is 3.61. The summed E-state index contributed by atoms with van der Waals surface area (Å²) in [7, 11) is 1.85. The monoisotopic (exact) mass is 507 g/mol. The first-order chi connectivity index (χ1) is 18.5. The van der Waals surface area contributed by atoms with Crippen LogP contribution in [0.2, 0.25) is 0 Å². The number of carbonyl (C=O) groups excluding carboxylic acids is 1. The lowest BCUT2D eigenvalue weighted by atomic mass is 10.00. The summed E-state index contributed by atoms with van der Waals surface area (Å²) in [5.41, 5.74) is 10.7. The minimum absolute atomic E-state index is 0.399. The molecule has 1 fully saturated rings. The molecule has 7 rings (SSSR count). The van der Waals surface area contributed by atoms with E-state index in [4.69, 9.17) is 0 Å². The molecule has 0 spiro atoms.